The average Bonchev–Trinajstić information content (AvgIpc) is 2.45. The molecule has 4 nitrogen and oxygen atoms in total. The lowest BCUT2D eigenvalue weighted by atomic mass is 10.0. The fraction of sp³-hybridized carbons (Fsp3) is 0.562. The van der Waals surface area contributed by atoms with Crippen LogP contribution in [-0.2, 0) is 4.79 Å². The van der Waals surface area contributed by atoms with Gasteiger partial charge in [-0.1, -0.05) is 50.1 Å². The number of carbonyl (C=O) groups is 1. The summed E-state index contributed by atoms with van der Waals surface area (Å²) in [6, 6.07) is 8.93. The summed E-state index contributed by atoms with van der Waals surface area (Å²) in [5.41, 5.74) is 1.04. The lowest BCUT2D eigenvalue weighted by Crippen LogP contribution is -2.40. The van der Waals surface area contributed by atoms with Crippen LogP contribution in [0.4, 0.5) is 0 Å². The topological polar surface area (TPSA) is 69.6 Å². The molecular weight excluding hydrogens is 254 g/mol. The smallest absolute Gasteiger partial charge is 0.320 e. The van der Waals surface area contributed by atoms with E-state index in [1.165, 1.54) is 0 Å². The molecule has 1 aromatic rings. The Morgan fingerprint density at radius 2 is 1.95 bits per heavy atom. The molecule has 3 N–H and O–H groups in total. The molecule has 0 saturated heterocycles. The maximum absolute atomic E-state index is 11.3. The maximum Gasteiger partial charge on any atom is 0.320 e. The predicted octanol–water partition coefficient (Wildman–Crippen LogP) is 2.73. The van der Waals surface area contributed by atoms with E-state index >= 15 is 0 Å². The Hall–Kier alpha value is -1.39. The first-order valence-corrected chi connectivity index (χ1v) is 7.26. The van der Waals surface area contributed by atoms with E-state index in [1.807, 2.05) is 37.3 Å². The number of hydrogen-bond donors (Lipinski definition) is 3. The first-order chi connectivity index (χ1) is 9.54. The Kier molecular flexibility index (Phi) is 7.26. The molecule has 0 aliphatic heterocycles. The molecule has 0 bridgehead atoms. The van der Waals surface area contributed by atoms with Crippen molar-refractivity contribution in [1.82, 2.24) is 5.32 Å². The molecule has 0 aliphatic rings. The highest BCUT2D eigenvalue weighted by atomic mass is 16.4. The van der Waals surface area contributed by atoms with E-state index in [-0.39, 0.29) is 12.5 Å². The van der Waals surface area contributed by atoms with Crippen LogP contribution in [0.1, 0.15) is 51.1 Å². The fourth-order valence-electron chi connectivity index (χ4n) is 2.21. The van der Waals surface area contributed by atoms with Gasteiger partial charge >= 0.3 is 5.97 Å². The van der Waals surface area contributed by atoms with Crippen molar-refractivity contribution >= 4 is 5.97 Å². The Morgan fingerprint density at radius 1 is 1.30 bits per heavy atom. The number of nitrogens with one attached hydrogen (secondary N) is 1. The fourth-order valence-corrected chi connectivity index (χ4v) is 2.21. The Labute approximate surface area is 120 Å². The molecule has 3 atom stereocenters. The summed E-state index contributed by atoms with van der Waals surface area (Å²) in [6.07, 6.45) is 2.25. The molecule has 4 heteroatoms. The molecule has 1 aromatic carbocycles. The summed E-state index contributed by atoms with van der Waals surface area (Å²) in [6.45, 7) is 3.99. The molecule has 0 amide bonds. The van der Waals surface area contributed by atoms with Crippen molar-refractivity contribution in [3.63, 3.8) is 0 Å². The van der Waals surface area contributed by atoms with Crippen molar-refractivity contribution < 1.29 is 15.0 Å². The molecule has 0 aromatic heterocycles. The third-order valence-corrected chi connectivity index (χ3v) is 3.45. The molecule has 0 saturated carbocycles. The minimum atomic E-state index is -0.914. The van der Waals surface area contributed by atoms with E-state index in [0.717, 1.165) is 18.4 Å². The quantitative estimate of drug-likeness (QED) is 0.650. The molecule has 0 fully saturated rings. The van der Waals surface area contributed by atoms with Gasteiger partial charge in [0.15, 0.2) is 0 Å². The Balaban J connectivity index is 2.56. The summed E-state index contributed by atoms with van der Waals surface area (Å²) in [7, 11) is 0. The van der Waals surface area contributed by atoms with Gasteiger partial charge in [-0.05, 0) is 25.3 Å². The third kappa shape index (κ3) is 5.72. The monoisotopic (exact) mass is 279 g/mol. The van der Waals surface area contributed by atoms with Gasteiger partial charge in [-0.2, -0.15) is 0 Å². The molecule has 112 valence electrons. The van der Waals surface area contributed by atoms with E-state index in [0.29, 0.717) is 6.42 Å². The molecular formula is C16H25NO3. The Bertz CT molecular complexity index is 394. The van der Waals surface area contributed by atoms with Crippen molar-refractivity contribution in [2.24, 2.45) is 0 Å². The highest BCUT2D eigenvalue weighted by Gasteiger charge is 2.23. The van der Waals surface area contributed by atoms with Crippen LogP contribution < -0.4 is 5.32 Å². The SMILES string of the molecule is CCCC[C@H](O)C[C@@H](N[C@H](C)c1ccccc1)C(=O)O. The zero-order valence-corrected chi connectivity index (χ0v) is 12.2. The summed E-state index contributed by atoms with van der Waals surface area (Å²) >= 11 is 0. The van der Waals surface area contributed by atoms with Gasteiger partial charge in [-0.3, -0.25) is 10.1 Å². The molecule has 0 spiro atoms. The number of benzene rings is 1. The number of carboxylic acid groups (broad SMARTS) is 1. The van der Waals surface area contributed by atoms with E-state index in [9.17, 15) is 15.0 Å². The van der Waals surface area contributed by atoms with Gasteiger partial charge in [0.25, 0.3) is 0 Å². The number of unbranched alkanes of at least 4 members (excludes halogenated alkanes) is 1. The summed E-state index contributed by atoms with van der Waals surface area (Å²) in [5.74, 6) is -0.914. The first kappa shape index (κ1) is 16.7. The van der Waals surface area contributed by atoms with E-state index < -0.39 is 18.1 Å². The van der Waals surface area contributed by atoms with Crippen LogP contribution in [0, 0.1) is 0 Å². The predicted molar refractivity (Wildman–Crippen MR) is 79.6 cm³/mol. The number of rotatable bonds is 9. The molecule has 0 heterocycles. The van der Waals surface area contributed by atoms with Gasteiger partial charge in [-0.15, -0.1) is 0 Å². The summed E-state index contributed by atoms with van der Waals surface area (Å²) in [5, 5.41) is 22.2. The van der Waals surface area contributed by atoms with E-state index in [2.05, 4.69) is 12.2 Å². The van der Waals surface area contributed by atoms with Crippen LogP contribution in [-0.4, -0.2) is 28.3 Å². The minimum Gasteiger partial charge on any atom is -0.480 e. The van der Waals surface area contributed by atoms with Gasteiger partial charge in [0, 0.05) is 6.04 Å². The lowest BCUT2D eigenvalue weighted by molar-refractivity contribution is -0.140. The normalized spacial score (nSPS) is 15.6. The van der Waals surface area contributed by atoms with E-state index in [1.54, 1.807) is 0 Å². The van der Waals surface area contributed by atoms with Crippen LogP contribution in [0.2, 0.25) is 0 Å². The standard InChI is InChI=1S/C16H25NO3/c1-3-4-10-14(18)11-15(16(19)20)17-12(2)13-8-6-5-7-9-13/h5-9,12,14-15,17-18H,3-4,10-11H2,1-2H3,(H,19,20)/t12-,14+,15-/m1/s1. The third-order valence-electron chi connectivity index (χ3n) is 3.45. The number of aliphatic carboxylic acids is 1. The Morgan fingerprint density at radius 3 is 2.50 bits per heavy atom. The van der Waals surface area contributed by atoms with Crippen molar-refractivity contribution in [2.75, 3.05) is 0 Å². The molecule has 0 aliphatic carbocycles. The molecule has 20 heavy (non-hydrogen) atoms. The zero-order valence-electron chi connectivity index (χ0n) is 12.2. The van der Waals surface area contributed by atoms with Gasteiger partial charge in [-0.25, -0.2) is 0 Å². The highest BCUT2D eigenvalue weighted by Crippen LogP contribution is 2.15. The highest BCUT2D eigenvalue weighted by molar-refractivity contribution is 5.73. The largest absolute Gasteiger partial charge is 0.480 e. The first-order valence-electron chi connectivity index (χ1n) is 7.26. The number of hydrogen-bond acceptors (Lipinski definition) is 3. The van der Waals surface area contributed by atoms with Gasteiger partial charge < -0.3 is 10.2 Å². The second-order valence-electron chi connectivity index (χ2n) is 5.22. The number of carboxylic acids is 1. The maximum atomic E-state index is 11.3. The zero-order chi connectivity index (χ0) is 15.0. The average molecular weight is 279 g/mol. The van der Waals surface area contributed by atoms with Crippen molar-refractivity contribution in [3.8, 4) is 0 Å². The van der Waals surface area contributed by atoms with Crippen LogP contribution in [0.25, 0.3) is 0 Å². The number of aliphatic hydroxyl groups is 1. The second kappa shape index (κ2) is 8.72. The van der Waals surface area contributed by atoms with Gasteiger partial charge in [0.2, 0.25) is 0 Å². The summed E-state index contributed by atoms with van der Waals surface area (Å²) in [4.78, 5) is 11.3. The lowest BCUT2D eigenvalue weighted by Gasteiger charge is -2.22. The van der Waals surface area contributed by atoms with Crippen molar-refractivity contribution in [3.05, 3.63) is 35.9 Å². The summed E-state index contributed by atoms with van der Waals surface area (Å²) < 4.78 is 0. The minimum absolute atomic E-state index is 0.0596. The van der Waals surface area contributed by atoms with Crippen LogP contribution in [0.3, 0.4) is 0 Å². The van der Waals surface area contributed by atoms with Crippen LogP contribution in [0.15, 0.2) is 30.3 Å². The molecule has 1 rings (SSSR count). The molecule has 0 unspecified atom stereocenters. The van der Waals surface area contributed by atoms with Crippen LogP contribution >= 0.6 is 0 Å². The van der Waals surface area contributed by atoms with Gasteiger partial charge in [0.05, 0.1) is 6.10 Å². The van der Waals surface area contributed by atoms with E-state index in [4.69, 9.17) is 0 Å². The van der Waals surface area contributed by atoms with Gasteiger partial charge in [0.1, 0.15) is 6.04 Å². The number of aliphatic hydroxyl groups excluding tert-OH is 1. The van der Waals surface area contributed by atoms with Crippen molar-refractivity contribution in [1.29, 1.82) is 0 Å². The second-order valence-corrected chi connectivity index (χ2v) is 5.22. The molecule has 0 radical (unpaired) electrons. The van der Waals surface area contributed by atoms with Crippen LogP contribution in [0.5, 0.6) is 0 Å². The van der Waals surface area contributed by atoms with Crippen molar-refractivity contribution in [2.45, 2.75) is 57.7 Å².